The van der Waals surface area contributed by atoms with E-state index in [0.717, 1.165) is 75.2 Å². The van der Waals surface area contributed by atoms with Gasteiger partial charge in [-0.1, -0.05) is 19.9 Å². The molecule has 0 unspecified atom stereocenters. The molecule has 1 aliphatic rings. The summed E-state index contributed by atoms with van der Waals surface area (Å²) in [4.78, 5) is 16.5. The maximum Gasteiger partial charge on any atom is 0.222 e. The molecule has 0 spiro atoms. The van der Waals surface area contributed by atoms with E-state index in [9.17, 15) is 4.79 Å². The van der Waals surface area contributed by atoms with Crippen molar-refractivity contribution >= 4 is 17.3 Å². The van der Waals surface area contributed by atoms with Crippen LogP contribution in [0.5, 0.6) is 0 Å². The molecular weight excluding hydrogens is 286 g/mol. The van der Waals surface area contributed by atoms with Crippen molar-refractivity contribution in [3.63, 3.8) is 0 Å². The van der Waals surface area contributed by atoms with Crippen molar-refractivity contribution in [3.8, 4) is 0 Å². The molecule has 1 amide bonds. The van der Waals surface area contributed by atoms with Gasteiger partial charge in [0.05, 0.1) is 11.4 Å². The van der Waals surface area contributed by atoms with Crippen LogP contribution in [0.4, 0.5) is 11.4 Å². The van der Waals surface area contributed by atoms with E-state index in [0.29, 0.717) is 6.42 Å². The SMILES string of the molecule is CCCN(CCC)c1ccc(CCC(=O)N2CCCC2)cc1N. The molecule has 1 fully saturated rings. The normalized spacial score (nSPS) is 14.3. The van der Waals surface area contributed by atoms with Crippen LogP contribution in [0.3, 0.4) is 0 Å². The number of aryl methyl sites for hydroxylation is 1. The van der Waals surface area contributed by atoms with Gasteiger partial charge in [0.2, 0.25) is 5.91 Å². The van der Waals surface area contributed by atoms with E-state index in [1.807, 2.05) is 11.0 Å². The Balaban J connectivity index is 1.96. The van der Waals surface area contributed by atoms with E-state index in [2.05, 4.69) is 30.9 Å². The van der Waals surface area contributed by atoms with Crippen LogP contribution >= 0.6 is 0 Å². The van der Waals surface area contributed by atoms with Gasteiger partial charge in [0.25, 0.3) is 0 Å². The molecule has 4 nitrogen and oxygen atoms in total. The number of benzene rings is 1. The number of nitrogen functional groups attached to an aromatic ring is 1. The predicted octanol–water partition coefficient (Wildman–Crippen LogP) is 3.45. The zero-order valence-corrected chi connectivity index (χ0v) is 14.7. The largest absolute Gasteiger partial charge is 0.397 e. The second-order valence-electron chi connectivity index (χ2n) is 6.47. The Morgan fingerprint density at radius 2 is 1.83 bits per heavy atom. The van der Waals surface area contributed by atoms with Crippen molar-refractivity contribution in [1.82, 2.24) is 4.90 Å². The predicted molar refractivity (Wildman–Crippen MR) is 97.8 cm³/mol. The van der Waals surface area contributed by atoms with Crippen molar-refractivity contribution in [3.05, 3.63) is 23.8 Å². The lowest BCUT2D eigenvalue weighted by Gasteiger charge is -2.25. The van der Waals surface area contributed by atoms with Crippen LogP contribution in [-0.2, 0) is 11.2 Å². The number of nitrogens with zero attached hydrogens (tertiary/aromatic N) is 2. The molecule has 0 radical (unpaired) electrons. The third-order valence-electron chi connectivity index (χ3n) is 4.51. The standard InChI is InChI=1S/C19H31N3O/c1-3-11-21(12-4-2)18-9-7-16(15-17(18)20)8-10-19(23)22-13-5-6-14-22/h7,9,15H,3-6,8,10-14,20H2,1-2H3. The number of carbonyl (C=O) groups is 1. The number of likely N-dealkylation sites (tertiary alicyclic amines) is 1. The summed E-state index contributed by atoms with van der Waals surface area (Å²) in [5.74, 6) is 0.281. The quantitative estimate of drug-likeness (QED) is 0.747. The molecule has 0 saturated carbocycles. The summed E-state index contributed by atoms with van der Waals surface area (Å²) in [6, 6.07) is 6.29. The van der Waals surface area contributed by atoms with E-state index in [-0.39, 0.29) is 5.91 Å². The Kier molecular flexibility index (Phi) is 6.75. The lowest BCUT2D eigenvalue weighted by atomic mass is 10.1. The Bertz CT molecular complexity index is 503. The number of anilines is 2. The molecule has 1 aromatic carbocycles. The minimum Gasteiger partial charge on any atom is -0.397 e. The maximum absolute atomic E-state index is 12.1. The molecule has 2 rings (SSSR count). The Labute approximate surface area is 140 Å². The van der Waals surface area contributed by atoms with Gasteiger partial charge in [-0.25, -0.2) is 0 Å². The molecule has 0 bridgehead atoms. The Morgan fingerprint density at radius 1 is 1.17 bits per heavy atom. The monoisotopic (exact) mass is 317 g/mol. The lowest BCUT2D eigenvalue weighted by molar-refractivity contribution is -0.130. The summed E-state index contributed by atoms with van der Waals surface area (Å²) in [6.45, 7) is 8.32. The van der Waals surface area contributed by atoms with Gasteiger partial charge in [0.1, 0.15) is 0 Å². The summed E-state index contributed by atoms with van der Waals surface area (Å²) >= 11 is 0. The van der Waals surface area contributed by atoms with Crippen LogP contribution in [0, 0.1) is 0 Å². The second-order valence-corrected chi connectivity index (χ2v) is 6.47. The molecule has 1 saturated heterocycles. The first kappa shape index (κ1) is 17.6. The molecule has 1 heterocycles. The average molecular weight is 317 g/mol. The van der Waals surface area contributed by atoms with Crippen LogP contribution in [0.25, 0.3) is 0 Å². The number of hydrogen-bond acceptors (Lipinski definition) is 3. The van der Waals surface area contributed by atoms with E-state index < -0.39 is 0 Å². The highest BCUT2D eigenvalue weighted by molar-refractivity contribution is 5.77. The van der Waals surface area contributed by atoms with Crippen LogP contribution in [0.15, 0.2) is 18.2 Å². The van der Waals surface area contributed by atoms with Crippen molar-refractivity contribution in [1.29, 1.82) is 0 Å². The molecule has 2 N–H and O–H groups in total. The number of nitrogens with two attached hydrogens (primary N) is 1. The van der Waals surface area contributed by atoms with Crippen LogP contribution < -0.4 is 10.6 Å². The summed E-state index contributed by atoms with van der Waals surface area (Å²) in [7, 11) is 0. The smallest absolute Gasteiger partial charge is 0.222 e. The van der Waals surface area contributed by atoms with Crippen molar-refractivity contribution in [2.45, 2.75) is 52.4 Å². The lowest BCUT2D eigenvalue weighted by Crippen LogP contribution is -2.27. The molecule has 4 heteroatoms. The topological polar surface area (TPSA) is 49.6 Å². The molecule has 0 aromatic heterocycles. The van der Waals surface area contributed by atoms with Crippen LogP contribution in [0.1, 0.15) is 51.5 Å². The highest BCUT2D eigenvalue weighted by atomic mass is 16.2. The van der Waals surface area contributed by atoms with Gasteiger partial charge >= 0.3 is 0 Å². The van der Waals surface area contributed by atoms with E-state index in [4.69, 9.17) is 5.73 Å². The highest BCUT2D eigenvalue weighted by Crippen LogP contribution is 2.25. The average Bonchev–Trinajstić information content (AvgIpc) is 3.07. The van der Waals surface area contributed by atoms with E-state index in [1.165, 1.54) is 0 Å². The van der Waals surface area contributed by atoms with Gasteiger partial charge in [-0.05, 0) is 49.8 Å². The highest BCUT2D eigenvalue weighted by Gasteiger charge is 2.17. The minimum atomic E-state index is 0.281. The first-order chi connectivity index (χ1) is 11.2. The van der Waals surface area contributed by atoms with Gasteiger partial charge in [0.15, 0.2) is 0 Å². The van der Waals surface area contributed by atoms with Gasteiger partial charge in [-0.3, -0.25) is 4.79 Å². The van der Waals surface area contributed by atoms with Crippen LogP contribution in [0.2, 0.25) is 0 Å². The summed E-state index contributed by atoms with van der Waals surface area (Å²) < 4.78 is 0. The zero-order chi connectivity index (χ0) is 16.7. The first-order valence-electron chi connectivity index (χ1n) is 9.06. The fourth-order valence-electron chi connectivity index (χ4n) is 3.32. The second kappa shape index (κ2) is 8.80. The van der Waals surface area contributed by atoms with Gasteiger partial charge in [-0.15, -0.1) is 0 Å². The van der Waals surface area contributed by atoms with Crippen LogP contribution in [-0.4, -0.2) is 37.0 Å². The summed E-state index contributed by atoms with van der Waals surface area (Å²) in [6.07, 6.45) is 5.90. The molecule has 0 aliphatic carbocycles. The number of amides is 1. The molecule has 1 aromatic rings. The third kappa shape index (κ3) is 4.88. The minimum absolute atomic E-state index is 0.281. The van der Waals surface area contributed by atoms with Crippen molar-refractivity contribution < 1.29 is 4.79 Å². The molecule has 128 valence electrons. The van der Waals surface area contributed by atoms with Gasteiger partial charge in [-0.2, -0.15) is 0 Å². The molecule has 1 aliphatic heterocycles. The van der Waals surface area contributed by atoms with E-state index in [1.54, 1.807) is 0 Å². The number of rotatable bonds is 8. The Hall–Kier alpha value is -1.71. The summed E-state index contributed by atoms with van der Waals surface area (Å²) in [5, 5.41) is 0. The third-order valence-corrected chi connectivity index (χ3v) is 4.51. The fraction of sp³-hybridized carbons (Fsp3) is 0.632. The fourth-order valence-corrected chi connectivity index (χ4v) is 3.32. The van der Waals surface area contributed by atoms with Gasteiger partial charge in [0, 0.05) is 32.6 Å². The number of hydrogen-bond donors (Lipinski definition) is 1. The molecule has 23 heavy (non-hydrogen) atoms. The first-order valence-corrected chi connectivity index (χ1v) is 9.06. The zero-order valence-electron chi connectivity index (χ0n) is 14.7. The van der Waals surface area contributed by atoms with Crippen molar-refractivity contribution in [2.24, 2.45) is 0 Å². The maximum atomic E-state index is 12.1. The summed E-state index contributed by atoms with van der Waals surface area (Å²) in [5.41, 5.74) is 9.39. The number of carbonyl (C=O) groups excluding carboxylic acids is 1. The Morgan fingerprint density at radius 3 is 2.39 bits per heavy atom. The molecular formula is C19H31N3O. The molecule has 0 atom stereocenters. The van der Waals surface area contributed by atoms with Crippen molar-refractivity contribution in [2.75, 3.05) is 36.8 Å². The van der Waals surface area contributed by atoms with Gasteiger partial charge < -0.3 is 15.5 Å². The van der Waals surface area contributed by atoms with E-state index >= 15 is 0 Å².